The molecule has 0 aromatic heterocycles. The van der Waals surface area contributed by atoms with Gasteiger partial charge in [-0.05, 0) is 25.2 Å². The number of carboxylic acids is 1. The van der Waals surface area contributed by atoms with Gasteiger partial charge in [-0.2, -0.15) is 0 Å². The van der Waals surface area contributed by atoms with Crippen molar-refractivity contribution in [1.29, 1.82) is 0 Å². The van der Waals surface area contributed by atoms with Crippen LogP contribution in [-0.4, -0.2) is 65.4 Å². The first-order valence-corrected chi connectivity index (χ1v) is 7.55. The molecule has 1 amide bonds. The Morgan fingerprint density at radius 2 is 2.05 bits per heavy atom. The van der Waals surface area contributed by atoms with Crippen molar-refractivity contribution >= 4 is 12.1 Å². The summed E-state index contributed by atoms with van der Waals surface area (Å²) in [6.45, 7) is 5.98. The average molecular weight is 301 g/mol. The molecule has 122 valence electrons. The number of carboxylic acid groups (broad SMARTS) is 2. The maximum atomic E-state index is 11.1. The lowest BCUT2D eigenvalue weighted by molar-refractivity contribution is -0.135. The molecular weight excluding hydrogens is 274 g/mol. The zero-order valence-electron chi connectivity index (χ0n) is 12.8. The van der Waals surface area contributed by atoms with Gasteiger partial charge in [-0.25, -0.2) is 4.79 Å². The smallest absolute Gasteiger partial charge is 0.407 e. The van der Waals surface area contributed by atoms with E-state index >= 15 is 0 Å². The van der Waals surface area contributed by atoms with E-state index in [1.165, 1.54) is 4.90 Å². The number of hydrogen-bond acceptors (Lipinski definition) is 4. The van der Waals surface area contributed by atoms with Gasteiger partial charge < -0.3 is 25.7 Å². The predicted molar refractivity (Wildman–Crippen MR) is 79.5 cm³/mol. The maximum absolute atomic E-state index is 11.1. The molecule has 1 saturated heterocycles. The van der Waals surface area contributed by atoms with Crippen molar-refractivity contribution in [1.82, 2.24) is 15.5 Å². The fourth-order valence-corrected chi connectivity index (χ4v) is 2.76. The third-order valence-electron chi connectivity index (χ3n) is 3.69. The lowest BCUT2D eigenvalue weighted by Crippen LogP contribution is -2.47. The highest BCUT2D eigenvalue weighted by molar-refractivity contribution is 5.69. The summed E-state index contributed by atoms with van der Waals surface area (Å²) in [5, 5.41) is 24.1. The number of carbonyl (C=O) groups is 2. The molecule has 0 radical (unpaired) electrons. The van der Waals surface area contributed by atoms with Crippen LogP contribution in [0.4, 0.5) is 4.79 Å². The Hall–Kier alpha value is -1.34. The van der Waals surface area contributed by atoms with Crippen molar-refractivity contribution in [3.8, 4) is 0 Å². The molecule has 4 N–H and O–H groups in total. The standard InChI is InChI=1S/C14H27N3O4/c1-10(2)6-11(7-15-9-13(18)19)16-8-12-4-3-5-17(12)14(20)21/h10-12,15-16H,3-9H2,1-2H3,(H,18,19)(H,20,21)/t11-,12-/m0/s1. The number of likely N-dealkylation sites (tertiary alicyclic amines) is 1. The molecule has 7 nitrogen and oxygen atoms in total. The highest BCUT2D eigenvalue weighted by Crippen LogP contribution is 2.17. The number of nitrogens with zero attached hydrogens (tertiary/aromatic N) is 1. The van der Waals surface area contributed by atoms with Gasteiger partial charge in [0, 0.05) is 31.7 Å². The highest BCUT2D eigenvalue weighted by atomic mass is 16.4. The first kappa shape index (κ1) is 17.7. The van der Waals surface area contributed by atoms with Crippen molar-refractivity contribution in [2.24, 2.45) is 5.92 Å². The fraction of sp³-hybridized carbons (Fsp3) is 0.857. The molecule has 0 aliphatic carbocycles. The van der Waals surface area contributed by atoms with E-state index in [2.05, 4.69) is 24.5 Å². The quantitative estimate of drug-likeness (QED) is 0.502. The zero-order chi connectivity index (χ0) is 15.8. The van der Waals surface area contributed by atoms with Gasteiger partial charge in [0.25, 0.3) is 0 Å². The predicted octanol–water partition coefficient (Wildman–Crippen LogP) is 0.807. The van der Waals surface area contributed by atoms with Crippen LogP contribution in [-0.2, 0) is 4.79 Å². The normalized spacial score (nSPS) is 20.0. The van der Waals surface area contributed by atoms with Crippen LogP contribution in [0.5, 0.6) is 0 Å². The number of aliphatic carboxylic acids is 1. The van der Waals surface area contributed by atoms with Gasteiger partial charge in [0.15, 0.2) is 0 Å². The van der Waals surface area contributed by atoms with Gasteiger partial charge in [0.1, 0.15) is 0 Å². The summed E-state index contributed by atoms with van der Waals surface area (Å²) >= 11 is 0. The molecule has 1 heterocycles. The summed E-state index contributed by atoms with van der Waals surface area (Å²) < 4.78 is 0. The fourth-order valence-electron chi connectivity index (χ4n) is 2.76. The van der Waals surface area contributed by atoms with Crippen LogP contribution in [0.2, 0.25) is 0 Å². The first-order chi connectivity index (χ1) is 9.90. The number of nitrogens with one attached hydrogen (secondary N) is 2. The molecule has 0 aromatic rings. The van der Waals surface area contributed by atoms with E-state index in [0.717, 1.165) is 19.3 Å². The minimum atomic E-state index is -0.869. The van der Waals surface area contributed by atoms with E-state index in [4.69, 9.17) is 10.2 Å². The molecule has 1 aliphatic heterocycles. The van der Waals surface area contributed by atoms with Crippen LogP contribution >= 0.6 is 0 Å². The van der Waals surface area contributed by atoms with Gasteiger partial charge in [-0.3, -0.25) is 4.79 Å². The Balaban J connectivity index is 2.40. The van der Waals surface area contributed by atoms with Crippen LogP contribution < -0.4 is 10.6 Å². The second-order valence-corrected chi connectivity index (χ2v) is 6.03. The second kappa shape index (κ2) is 8.84. The Bertz CT molecular complexity index is 349. The minimum Gasteiger partial charge on any atom is -0.480 e. The van der Waals surface area contributed by atoms with Gasteiger partial charge in [0.05, 0.1) is 6.54 Å². The molecule has 0 saturated carbocycles. The van der Waals surface area contributed by atoms with Crippen LogP contribution in [0.25, 0.3) is 0 Å². The van der Waals surface area contributed by atoms with Crippen molar-refractivity contribution in [3.63, 3.8) is 0 Å². The SMILES string of the molecule is CC(C)C[C@@H](CNCC(=O)O)NC[C@@H]1CCCN1C(=O)O. The van der Waals surface area contributed by atoms with E-state index in [1.807, 2.05) is 0 Å². The summed E-state index contributed by atoms with van der Waals surface area (Å²) in [5.74, 6) is -0.376. The Morgan fingerprint density at radius 3 is 2.62 bits per heavy atom. The molecule has 0 bridgehead atoms. The van der Waals surface area contributed by atoms with E-state index in [0.29, 0.717) is 25.6 Å². The molecule has 1 aliphatic rings. The van der Waals surface area contributed by atoms with Gasteiger partial charge in [-0.1, -0.05) is 13.8 Å². The summed E-state index contributed by atoms with van der Waals surface area (Å²) in [7, 11) is 0. The first-order valence-electron chi connectivity index (χ1n) is 7.55. The third-order valence-corrected chi connectivity index (χ3v) is 3.69. The second-order valence-electron chi connectivity index (χ2n) is 6.03. The van der Waals surface area contributed by atoms with Crippen molar-refractivity contribution in [2.75, 3.05) is 26.2 Å². The molecule has 1 fully saturated rings. The largest absolute Gasteiger partial charge is 0.480 e. The number of rotatable bonds is 9. The van der Waals surface area contributed by atoms with Crippen LogP contribution in [0.15, 0.2) is 0 Å². The Labute approximate surface area is 125 Å². The highest BCUT2D eigenvalue weighted by Gasteiger charge is 2.28. The molecule has 21 heavy (non-hydrogen) atoms. The summed E-state index contributed by atoms with van der Waals surface area (Å²) in [4.78, 5) is 23.1. The van der Waals surface area contributed by atoms with Crippen LogP contribution in [0.1, 0.15) is 33.1 Å². The third kappa shape index (κ3) is 6.77. The average Bonchev–Trinajstić information content (AvgIpc) is 2.83. The molecule has 0 spiro atoms. The summed E-state index contributed by atoms with van der Waals surface area (Å²) in [5.41, 5.74) is 0. The van der Waals surface area contributed by atoms with Gasteiger partial charge in [0.2, 0.25) is 0 Å². The maximum Gasteiger partial charge on any atom is 0.407 e. The molecule has 0 aromatic carbocycles. The molecule has 2 atom stereocenters. The van der Waals surface area contributed by atoms with Gasteiger partial charge in [-0.15, -0.1) is 0 Å². The molecule has 0 unspecified atom stereocenters. The molecule has 7 heteroatoms. The summed E-state index contributed by atoms with van der Waals surface area (Å²) in [6, 6.07) is 0.178. The minimum absolute atomic E-state index is 0.0247. The van der Waals surface area contributed by atoms with Crippen molar-refractivity contribution in [2.45, 2.75) is 45.2 Å². The Morgan fingerprint density at radius 1 is 1.33 bits per heavy atom. The van der Waals surface area contributed by atoms with Crippen LogP contribution in [0, 0.1) is 5.92 Å². The lowest BCUT2D eigenvalue weighted by atomic mass is 10.0. The van der Waals surface area contributed by atoms with E-state index in [9.17, 15) is 9.59 Å². The lowest BCUT2D eigenvalue weighted by Gasteiger charge is -2.26. The topological polar surface area (TPSA) is 102 Å². The summed E-state index contributed by atoms with van der Waals surface area (Å²) in [6.07, 6.45) is 1.86. The number of amides is 1. The Kier molecular flexibility index (Phi) is 7.45. The van der Waals surface area contributed by atoms with Crippen molar-refractivity contribution in [3.05, 3.63) is 0 Å². The zero-order valence-corrected chi connectivity index (χ0v) is 12.8. The molecular formula is C14H27N3O4. The van der Waals surface area contributed by atoms with Crippen molar-refractivity contribution < 1.29 is 19.8 Å². The van der Waals surface area contributed by atoms with Gasteiger partial charge >= 0.3 is 12.1 Å². The van der Waals surface area contributed by atoms with E-state index in [1.54, 1.807) is 0 Å². The molecule has 1 rings (SSSR count). The van der Waals surface area contributed by atoms with Crippen LogP contribution in [0.3, 0.4) is 0 Å². The van der Waals surface area contributed by atoms with E-state index in [-0.39, 0.29) is 18.6 Å². The number of hydrogen-bond donors (Lipinski definition) is 4. The monoisotopic (exact) mass is 301 g/mol. The van der Waals surface area contributed by atoms with E-state index < -0.39 is 12.1 Å².